The molecule has 0 unspecified atom stereocenters. The van der Waals surface area contributed by atoms with Crippen LogP contribution in [-0.4, -0.2) is 17.6 Å². The van der Waals surface area contributed by atoms with Crippen LogP contribution in [0.5, 0.6) is 0 Å². The maximum absolute atomic E-state index is 10.5. The van der Waals surface area contributed by atoms with Crippen LogP contribution in [0, 0.1) is 6.92 Å². The zero-order valence-electron chi connectivity index (χ0n) is 10.5. The fourth-order valence-corrected chi connectivity index (χ4v) is 1.76. The Hall–Kier alpha value is -1.61. The summed E-state index contributed by atoms with van der Waals surface area (Å²) in [6, 6.07) is 8.41. The third kappa shape index (κ3) is 4.41. The molecular formula is C14H19NO2. The molecule has 0 saturated heterocycles. The number of carboxylic acids is 1. The van der Waals surface area contributed by atoms with Gasteiger partial charge in [0.05, 0.1) is 0 Å². The highest BCUT2D eigenvalue weighted by molar-refractivity contribution is 5.80. The summed E-state index contributed by atoms with van der Waals surface area (Å²) in [5.41, 5.74) is 3.31. The maximum Gasteiger partial charge on any atom is 0.328 e. The summed E-state index contributed by atoms with van der Waals surface area (Å²) < 4.78 is 0. The van der Waals surface area contributed by atoms with E-state index in [4.69, 9.17) is 5.11 Å². The SMILES string of the molecule is C/C(=C\C(=O)O)CN[C@@H](C)c1ccccc1C. The standard InChI is InChI=1S/C14H19NO2/c1-10(8-14(16)17)9-15-12(3)13-7-5-4-6-11(13)2/h4-8,12,15H,9H2,1-3H3,(H,16,17)/b10-8+/t12-/m0/s1. The second-order valence-corrected chi connectivity index (χ2v) is 4.29. The lowest BCUT2D eigenvalue weighted by Gasteiger charge is -2.16. The van der Waals surface area contributed by atoms with Crippen molar-refractivity contribution in [3.63, 3.8) is 0 Å². The number of aliphatic carboxylic acids is 1. The van der Waals surface area contributed by atoms with Crippen LogP contribution in [0.25, 0.3) is 0 Å². The molecule has 0 aromatic heterocycles. The summed E-state index contributed by atoms with van der Waals surface area (Å²) in [7, 11) is 0. The number of nitrogens with one attached hydrogen (secondary N) is 1. The summed E-state index contributed by atoms with van der Waals surface area (Å²) in [6.07, 6.45) is 1.23. The Bertz CT molecular complexity index is 424. The number of carbonyl (C=O) groups is 1. The van der Waals surface area contributed by atoms with Gasteiger partial charge in [0.15, 0.2) is 0 Å². The van der Waals surface area contributed by atoms with E-state index >= 15 is 0 Å². The second-order valence-electron chi connectivity index (χ2n) is 4.29. The average molecular weight is 233 g/mol. The Morgan fingerprint density at radius 3 is 2.71 bits per heavy atom. The molecule has 0 heterocycles. The van der Waals surface area contributed by atoms with Crippen molar-refractivity contribution in [3.8, 4) is 0 Å². The maximum atomic E-state index is 10.5. The highest BCUT2D eigenvalue weighted by atomic mass is 16.4. The van der Waals surface area contributed by atoms with Crippen molar-refractivity contribution in [3.05, 3.63) is 47.0 Å². The lowest BCUT2D eigenvalue weighted by molar-refractivity contribution is -0.131. The highest BCUT2D eigenvalue weighted by Gasteiger charge is 2.06. The van der Waals surface area contributed by atoms with Crippen molar-refractivity contribution in [2.24, 2.45) is 0 Å². The van der Waals surface area contributed by atoms with Crippen molar-refractivity contribution in [2.75, 3.05) is 6.54 Å². The number of aryl methyl sites for hydroxylation is 1. The van der Waals surface area contributed by atoms with E-state index in [0.717, 1.165) is 5.57 Å². The molecule has 3 nitrogen and oxygen atoms in total. The molecule has 0 aliphatic carbocycles. The summed E-state index contributed by atoms with van der Waals surface area (Å²) in [6.45, 7) is 6.55. The van der Waals surface area contributed by atoms with Gasteiger partial charge in [-0.25, -0.2) is 4.79 Å². The summed E-state index contributed by atoms with van der Waals surface area (Å²) in [5, 5.41) is 11.9. The molecule has 1 aromatic carbocycles. The van der Waals surface area contributed by atoms with Gasteiger partial charge in [0, 0.05) is 18.7 Å². The van der Waals surface area contributed by atoms with Gasteiger partial charge in [-0.3, -0.25) is 0 Å². The van der Waals surface area contributed by atoms with Gasteiger partial charge >= 0.3 is 5.97 Å². The molecule has 0 radical (unpaired) electrons. The predicted octanol–water partition coefficient (Wildman–Crippen LogP) is 2.68. The van der Waals surface area contributed by atoms with E-state index < -0.39 is 5.97 Å². The van der Waals surface area contributed by atoms with Gasteiger partial charge in [-0.1, -0.05) is 29.8 Å². The molecule has 3 heteroatoms. The molecule has 0 aliphatic rings. The van der Waals surface area contributed by atoms with Crippen LogP contribution in [0.15, 0.2) is 35.9 Å². The van der Waals surface area contributed by atoms with Crippen LogP contribution in [0.2, 0.25) is 0 Å². The normalized spacial score (nSPS) is 13.5. The lowest BCUT2D eigenvalue weighted by atomic mass is 10.0. The van der Waals surface area contributed by atoms with Gasteiger partial charge in [0.2, 0.25) is 0 Å². The van der Waals surface area contributed by atoms with E-state index in [1.54, 1.807) is 0 Å². The Labute approximate surface area is 102 Å². The summed E-state index contributed by atoms with van der Waals surface area (Å²) in [5.74, 6) is -0.896. The lowest BCUT2D eigenvalue weighted by Crippen LogP contribution is -2.21. The van der Waals surface area contributed by atoms with E-state index in [9.17, 15) is 4.79 Å². The first kappa shape index (κ1) is 13.5. The zero-order valence-corrected chi connectivity index (χ0v) is 10.5. The first-order valence-electron chi connectivity index (χ1n) is 5.69. The van der Waals surface area contributed by atoms with Crippen molar-refractivity contribution >= 4 is 5.97 Å². The number of benzene rings is 1. The van der Waals surface area contributed by atoms with Crippen molar-refractivity contribution in [2.45, 2.75) is 26.8 Å². The largest absolute Gasteiger partial charge is 0.478 e. The quantitative estimate of drug-likeness (QED) is 0.769. The molecule has 0 bridgehead atoms. The molecule has 17 heavy (non-hydrogen) atoms. The van der Waals surface area contributed by atoms with E-state index in [1.807, 2.05) is 19.1 Å². The van der Waals surface area contributed by atoms with Crippen LogP contribution in [0.1, 0.15) is 31.0 Å². The minimum Gasteiger partial charge on any atom is -0.478 e. The van der Waals surface area contributed by atoms with Gasteiger partial charge < -0.3 is 10.4 Å². The van der Waals surface area contributed by atoms with E-state index in [1.165, 1.54) is 17.2 Å². The molecule has 0 amide bonds. The minimum absolute atomic E-state index is 0.216. The molecule has 0 aliphatic heterocycles. The molecule has 0 saturated carbocycles. The van der Waals surface area contributed by atoms with Gasteiger partial charge in [-0.05, 0) is 31.9 Å². The van der Waals surface area contributed by atoms with Gasteiger partial charge in [0.1, 0.15) is 0 Å². The smallest absolute Gasteiger partial charge is 0.328 e. The molecule has 1 rings (SSSR count). The number of hydrogen-bond donors (Lipinski definition) is 2. The van der Waals surface area contributed by atoms with Crippen LogP contribution < -0.4 is 5.32 Å². The molecule has 0 fully saturated rings. The Morgan fingerprint density at radius 2 is 2.12 bits per heavy atom. The molecule has 0 spiro atoms. The first-order chi connectivity index (χ1) is 8.00. The molecule has 1 atom stereocenters. The fourth-order valence-electron chi connectivity index (χ4n) is 1.76. The van der Waals surface area contributed by atoms with Crippen LogP contribution in [-0.2, 0) is 4.79 Å². The average Bonchev–Trinajstić information content (AvgIpc) is 2.25. The summed E-state index contributed by atoms with van der Waals surface area (Å²) >= 11 is 0. The van der Waals surface area contributed by atoms with Crippen LogP contribution >= 0.6 is 0 Å². The Balaban J connectivity index is 2.59. The van der Waals surface area contributed by atoms with E-state index in [0.29, 0.717) is 6.54 Å². The topological polar surface area (TPSA) is 49.3 Å². The Kier molecular flexibility index (Phi) is 4.91. The van der Waals surface area contributed by atoms with Crippen molar-refractivity contribution in [1.82, 2.24) is 5.32 Å². The van der Waals surface area contributed by atoms with E-state index in [-0.39, 0.29) is 6.04 Å². The third-order valence-corrected chi connectivity index (χ3v) is 2.71. The monoisotopic (exact) mass is 233 g/mol. The van der Waals surface area contributed by atoms with E-state index in [2.05, 4.69) is 31.3 Å². The summed E-state index contributed by atoms with van der Waals surface area (Å²) in [4.78, 5) is 10.5. The highest BCUT2D eigenvalue weighted by Crippen LogP contribution is 2.16. The molecule has 2 N–H and O–H groups in total. The molecule has 92 valence electrons. The minimum atomic E-state index is -0.896. The Morgan fingerprint density at radius 1 is 1.47 bits per heavy atom. The number of hydrogen-bond acceptors (Lipinski definition) is 2. The first-order valence-corrected chi connectivity index (χ1v) is 5.69. The third-order valence-electron chi connectivity index (χ3n) is 2.71. The van der Waals surface area contributed by atoms with Gasteiger partial charge in [-0.15, -0.1) is 0 Å². The molecular weight excluding hydrogens is 214 g/mol. The van der Waals surface area contributed by atoms with Crippen LogP contribution in [0.4, 0.5) is 0 Å². The number of carboxylic acid groups (broad SMARTS) is 1. The fraction of sp³-hybridized carbons (Fsp3) is 0.357. The number of rotatable bonds is 5. The van der Waals surface area contributed by atoms with Gasteiger partial charge in [0.25, 0.3) is 0 Å². The van der Waals surface area contributed by atoms with Crippen LogP contribution in [0.3, 0.4) is 0 Å². The van der Waals surface area contributed by atoms with Gasteiger partial charge in [-0.2, -0.15) is 0 Å². The second kappa shape index (κ2) is 6.21. The van der Waals surface area contributed by atoms with Crippen molar-refractivity contribution in [1.29, 1.82) is 0 Å². The predicted molar refractivity (Wildman–Crippen MR) is 69.0 cm³/mol. The zero-order chi connectivity index (χ0) is 12.8. The molecule has 1 aromatic rings. The van der Waals surface area contributed by atoms with Crippen molar-refractivity contribution < 1.29 is 9.90 Å².